The molecule has 0 aromatic heterocycles. The second-order valence-electron chi connectivity index (χ2n) is 4.15. The number of hydrogen-bond donors (Lipinski definition) is 2. The van der Waals surface area contributed by atoms with Crippen molar-refractivity contribution in [1.82, 2.24) is 10.2 Å². The van der Waals surface area contributed by atoms with Crippen LogP contribution in [0, 0.1) is 5.92 Å². The van der Waals surface area contributed by atoms with Gasteiger partial charge >= 0.3 is 12.2 Å². The van der Waals surface area contributed by atoms with E-state index in [-0.39, 0.29) is 32.0 Å². The number of aliphatic hydroxyl groups excluding tert-OH is 1. The van der Waals surface area contributed by atoms with Crippen molar-refractivity contribution < 1.29 is 23.1 Å². The summed E-state index contributed by atoms with van der Waals surface area (Å²) in [6.45, 7) is 2.77. The molecule has 1 aliphatic heterocycles. The van der Waals surface area contributed by atoms with Crippen molar-refractivity contribution in [2.24, 2.45) is 5.92 Å². The lowest BCUT2D eigenvalue weighted by atomic mass is 9.91. The number of hydrogen-bond acceptors (Lipinski definition) is 2. The molecule has 0 spiro atoms. The highest BCUT2D eigenvalue weighted by atomic mass is 19.4. The summed E-state index contributed by atoms with van der Waals surface area (Å²) in [5.41, 5.74) is 0. The van der Waals surface area contributed by atoms with Crippen LogP contribution < -0.4 is 5.32 Å². The number of urea groups is 1. The van der Waals surface area contributed by atoms with Crippen LogP contribution in [0.3, 0.4) is 0 Å². The molecule has 7 heteroatoms. The SMILES string of the molecule is CCNC(=O)N1CCC(C(O)C(F)(F)F)CC1. The highest BCUT2D eigenvalue weighted by molar-refractivity contribution is 5.74. The molecular formula is C10H17F3N2O2. The number of nitrogens with one attached hydrogen (secondary N) is 1. The Hall–Kier alpha value is -0.980. The smallest absolute Gasteiger partial charge is 0.383 e. The molecule has 1 heterocycles. The summed E-state index contributed by atoms with van der Waals surface area (Å²) < 4.78 is 36.8. The van der Waals surface area contributed by atoms with Crippen LogP contribution in [0.2, 0.25) is 0 Å². The number of rotatable bonds is 2. The molecule has 2 N–H and O–H groups in total. The van der Waals surface area contributed by atoms with Gasteiger partial charge in [0, 0.05) is 19.6 Å². The number of piperidine rings is 1. The number of halogens is 3. The van der Waals surface area contributed by atoms with Crippen molar-refractivity contribution >= 4 is 6.03 Å². The first-order chi connectivity index (χ1) is 7.86. The van der Waals surface area contributed by atoms with Gasteiger partial charge in [0.2, 0.25) is 0 Å². The molecule has 0 aromatic carbocycles. The third kappa shape index (κ3) is 3.76. The Bertz CT molecular complexity index is 263. The van der Waals surface area contributed by atoms with Gasteiger partial charge in [0.05, 0.1) is 0 Å². The number of alkyl halides is 3. The summed E-state index contributed by atoms with van der Waals surface area (Å²) in [6.07, 6.45) is -6.49. The van der Waals surface area contributed by atoms with E-state index in [0.717, 1.165) is 0 Å². The van der Waals surface area contributed by atoms with Gasteiger partial charge in [-0.15, -0.1) is 0 Å². The quantitative estimate of drug-likeness (QED) is 0.781. The van der Waals surface area contributed by atoms with Crippen LogP contribution in [0.25, 0.3) is 0 Å². The molecule has 4 nitrogen and oxygen atoms in total. The maximum atomic E-state index is 12.3. The lowest BCUT2D eigenvalue weighted by Gasteiger charge is -2.34. The molecule has 100 valence electrons. The predicted molar refractivity (Wildman–Crippen MR) is 55.4 cm³/mol. The van der Waals surface area contributed by atoms with Crippen LogP contribution in [-0.4, -0.2) is 48.0 Å². The zero-order valence-corrected chi connectivity index (χ0v) is 9.63. The third-order valence-corrected chi connectivity index (χ3v) is 2.94. The Morgan fingerprint density at radius 3 is 2.41 bits per heavy atom. The molecule has 0 radical (unpaired) electrons. The molecule has 1 unspecified atom stereocenters. The van der Waals surface area contributed by atoms with Crippen LogP contribution >= 0.6 is 0 Å². The van der Waals surface area contributed by atoms with E-state index in [1.807, 2.05) is 0 Å². The van der Waals surface area contributed by atoms with Gasteiger partial charge in [0.1, 0.15) is 0 Å². The van der Waals surface area contributed by atoms with Gasteiger partial charge in [-0.1, -0.05) is 0 Å². The van der Waals surface area contributed by atoms with Gasteiger partial charge in [-0.3, -0.25) is 0 Å². The molecule has 2 amide bonds. The normalized spacial score (nSPS) is 20.2. The highest BCUT2D eigenvalue weighted by Crippen LogP contribution is 2.31. The molecule has 1 rings (SSSR count). The van der Waals surface area contributed by atoms with Crippen molar-refractivity contribution in [3.05, 3.63) is 0 Å². The van der Waals surface area contributed by atoms with Gasteiger partial charge in [-0.05, 0) is 25.7 Å². The number of nitrogens with zero attached hydrogens (tertiary/aromatic N) is 1. The van der Waals surface area contributed by atoms with Gasteiger partial charge in [-0.25, -0.2) is 4.79 Å². The largest absolute Gasteiger partial charge is 0.414 e. The molecule has 1 saturated heterocycles. The Kier molecular flexibility index (Phi) is 4.62. The second-order valence-corrected chi connectivity index (χ2v) is 4.15. The van der Waals surface area contributed by atoms with E-state index in [2.05, 4.69) is 5.32 Å². The fourth-order valence-corrected chi connectivity index (χ4v) is 1.95. The summed E-state index contributed by atoms with van der Waals surface area (Å²) in [7, 11) is 0. The van der Waals surface area contributed by atoms with Crippen LogP contribution in [-0.2, 0) is 0 Å². The zero-order chi connectivity index (χ0) is 13.1. The van der Waals surface area contributed by atoms with Crippen LogP contribution in [0.15, 0.2) is 0 Å². The molecule has 0 saturated carbocycles. The Labute approximate surface area is 97.8 Å². The van der Waals surface area contributed by atoms with E-state index < -0.39 is 18.2 Å². The minimum Gasteiger partial charge on any atom is -0.383 e. The van der Waals surface area contributed by atoms with E-state index in [1.54, 1.807) is 6.92 Å². The van der Waals surface area contributed by atoms with Crippen molar-refractivity contribution in [1.29, 1.82) is 0 Å². The van der Waals surface area contributed by atoms with Crippen LogP contribution in [0.4, 0.5) is 18.0 Å². The standard InChI is InChI=1S/C10H17F3N2O2/c1-2-14-9(17)15-5-3-7(4-6-15)8(16)10(11,12)13/h7-8,16H,2-6H2,1H3,(H,14,17). The summed E-state index contributed by atoms with van der Waals surface area (Å²) >= 11 is 0. The lowest BCUT2D eigenvalue weighted by molar-refractivity contribution is -0.222. The highest BCUT2D eigenvalue weighted by Gasteiger charge is 2.44. The van der Waals surface area contributed by atoms with Gasteiger partial charge < -0.3 is 15.3 Å². The molecule has 0 aliphatic carbocycles. The maximum absolute atomic E-state index is 12.3. The summed E-state index contributed by atoms with van der Waals surface area (Å²) in [5.74, 6) is -0.805. The Morgan fingerprint density at radius 1 is 1.47 bits per heavy atom. The Morgan fingerprint density at radius 2 is 2.00 bits per heavy atom. The van der Waals surface area contributed by atoms with E-state index in [1.165, 1.54) is 4.90 Å². The fourth-order valence-electron chi connectivity index (χ4n) is 1.95. The fraction of sp³-hybridized carbons (Fsp3) is 0.900. The maximum Gasteiger partial charge on any atom is 0.414 e. The molecule has 1 aliphatic rings. The molecular weight excluding hydrogens is 237 g/mol. The van der Waals surface area contributed by atoms with Crippen molar-refractivity contribution in [3.8, 4) is 0 Å². The summed E-state index contributed by atoms with van der Waals surface area (Å²) in [6, 6.07) is -0.257. The van der Waals surface area contributed by atoms with E-state index in [4.69, 9.17) is 5.11 Å². The van der Waals surface area contributed by atoms with Gasteiger partial charge in [-0.2, -0.15) is 13.2 Å². The van der Waals surface area contributed by atoms with E-state index in [9.17, 15) is 18.0 Å². The molecule has 1 atom stereocenters. The molecule has 1 fully saturated rings. The monoisotopic (exact) mass is 254 g/mol. The van der Waals surface area contributed by atoms with Gasteiger partial charge in [0.15, 0.2) is 6.10 Å². The third-order valence-electron chi connectivity index (χ3n) is 2.94. The topological polar surface area (TPSA) is 52.6 Å². The average Bonchev–Trinajstić information content (AvgIpc) is 2.27. The van der Waals surface area contributed by atoms with Crippen molar-refractivity contribution in [3.63, 3.8) is 0 Å². The van der Waals surface area contributed by atoms with Crippen LogP contribution in [0.5, 0.6) is 0 Å². The average molecular weight is 254 g/mol. The number of likely N-dealkylation sites (tertiary alicyclic amines) is 1. The summed E-state index contributed by atoms with van der Waals surface area (Å²) in [4.78, 5) is 12.9. The van der Waals surface area contributed by atoms with Crippen molar-refractivity contribution in [2.45, 2.75) is 32.0 Å². The predicted octanol–water partition coefficient (Wildman–Crippen LogP) is 1.35. The Balaban J connectivity index is 2.43. The first kappa shape index (κ1) is 14.1. The number of amides is 2. The first-order valence-electron chi connectivity index (χ1n) is 5.63. The first-order valence-corrected chi connectivity index (χ1v) is 5.63. The van der Waals surface area contributed by atoms with E-state index in [0.29, 0.717) is 6.54 Å². The second kappa shape index (κ2) is 5.57. The minimum absolute atomic E-state index is 0.178. The molecule has 0 aromatic rings. The van der Waals surface area contributed by atoms with Crippen LogP contribution in [0.1, 0.15) is 19.8 Å². The number of carbonyl (C=O) groups excluding carboxylic acids is 1. The number of carbonyl (C=O) groups is 1. The summed E-state index contributed by atoms with van der Waals surface area (Å²) in [5, 5.41) is 11.7. The van der Waals surface area contributed by atoms with Gasteiger partial charge in [0.25, 0.3) is 0 Å². The number of aliphatic hydroxyl groups is 1. The van der Waals surface area contributed by atoms with Crippen molar-refractivity contribution in [2.75, 3.05) is 19.6 Å². The van der Waals surface area contributed by atoms with E-state index >= 15 is 0 Å². The molecule has 17 heavy (non-hydrogen) atoms. The molecule has 0 bridgehead atoms. The lowest BCUT2D eigenvalue weighted by Crippen LogP contribution is -2.48. The zero-order valence-electron chi connectivity index (χ0n) is 9.63. The minimum atomic E-state index is -4.57.